The Morgan fingerprint density at radius 2 is 1.91 bits per heavy atom. The smallest absolute Gasteiger partial charge is 1.00 e. The molecule has 0 radical (unpaired) electrons. The molecule has 1 aromatic rings. The molecule has 0 spiro atoms. The molecular formula is C12H14N3NaO6S. The van der Waals surface area contributed by atoms with E-state index in [4.69, 9.17) is 4.55 Å². The molecule has 2 aliphatic heterocycles. The van der Waals surface area contributed by atoms with Gasteiger partial charge in [0.1, 0.15) is 11.8 Å². The van der Waals surface area contributed by atoms with Gasteiger partial charge in [-0.1, -0.05) is 0 Å². The molecule has 23 heavy (non-hydrogen) atoms. The van der Waals surface area contributed by atoms with Crippen molar-refractivity contribution in [1.82, 2.24) is 9.21 Å². The van der Waals surface area contributed by atoms with Crippen molar-refractivity contribution in [3.05, 3.63) is 24.3 Å². The maximum atomic E-state index is 12.2. The average Bonchev–Trinajstić information content (AvgIpc) is 2.78. The van der Waals surface area contributed by atoms with Gasteiger partial charge in [-0.3, -0.25) is 9.35 Å². The first-order chi connectivity index (χ1) is 10.3. The van der Waals surface area contributed by atoms with E-state index < -0.39 is 34.3 Å². The molecule has 0 saturated carbocycles. The first-order valence-corrected chi connectivity index (χ1v) is 7.86. The van der Waals surface area contributed by atoms with Crippen molar-refractivity contribution in [2.45, 2.75) is 18.5 Å². The molecule has 2 atom stereocenters. The number of anilines is 1. The Bertz CT molecular complexity index is 744. The minimum Gasteiger partial charge on any atom is -1.00 e. The number of β-lactam (4-membered cyclic amide) rings is 1. The zero-order valence-corrected chi connectivity index (χ0v) is 15.0. The Kier molecular flexibility index (Phi) is 4.92. The maximum absolute atomic E-state index is 12.2. The van der Waals surface area contributed by atoms with Gasteiger partial charge in [-0.25, -0.2) is 9.10 Å². The van der Waals surface area contributed by atoms with Crippen LogP contribution < -0.4 is 34.9 Å². The molecule has 2 fully saturated rings. The van der Waals surface area contributed by atoms with E-state index in [-0.39, 0.29) is 49.7 Å². The zero-order chi connectivity index (χ0) is 16.1. The van der Waals surface area contributed by atoms with Crippen molar-refractivity contribution in [2.75, 3.05) is 11.9 Å². The van der Waals surface area contributed by atoms with Gasteiger partial charge in [-0.15, -0.1) is 0 Å². The molecule has 0 aromatic heterocycles. The van der Waals surface area contributed by atoms with Crippen molar-refractivity contribution in [3.63, 3.8) is 0 Å². The van der Waals surface area contributed by atoms with Gasteiger partial charge in [-0.2, -0.15) is 8.42 Å². The summed E-state index contributed by atoms with van der Waals surface area (Å²) in [5.74, 6) is -0.761. The summed E-state index contributed by atoms with van der Waals surface area (Å²) < 4.78 is 31.6. The van der Waals surface area contributed by atoms with Gasteiger partial charge in [0.15, 0.2) is 0 Å². The van der Waals surface area contributed by atoms with Gasteiger partial charge in [-0.05, 0) is 30.7 Å². The Balaban J connectivity index is 0.00000144. The van der Waals surface area contributed by atoms with Crippen molar-refractivity contribution in [3.8, 4) is 5.75 Å². The van der Waals surface area contributed by atoms with E-state index in [9.17, 15) is 23.1 Å². The number of nitrogens with zero attached hydrogens (tertiary/aromatic N) is 2. The number of phenols is 1. The molecule has 3 amide bonds. The number of likely N-dealkylation sites (tertiary alicyclic amines) is 1. The molecule has 3 N–H and O–H groups in total. The number of hydrogen-bond acceptors (Lipinski definition) is 5. The standard InChI is InChI=1S/C12H13N3O6S.Na.H/c16-8-3-1-7(2-4-8)13-12(18)14-6-5-9-10(14)11(17)15(9)22(19,20)21;;/h1-4,9-10,16H,5-6H2,(H,13,18)(H,19,20,21);;/q;+1;-1/t9-,10+;;/m1../s1. The van der Waals surface area contributed by atoms with Crippen LogP contribution in [0.4, 0.5) is 10.5 Å². The SMILES string of the molecule is O=C(Nc1ccc(O)cc1)N1CC[C@@H]2[C@H]1C(=O)N2S(=O)(=O)O.[H-].[Na+]. The number of carbonyl (C=O) groups is 2. The first-order valence-electron chi connectivity index (χ1n) is 6.46. The number of hydrogen-bond donors (Lipinski definition) is 3. The van der Waals surface area contributed by atoms with E-state index in [0.29, 0.717) is 9.99 Å². The monoisotopic (exact) mass is 351 g/mol. The number of fused-ring (bicyclic) bond motifs is 1. The third kappa shape index (κ3) is 3.17. The van der Waals surface area contributed by atoms with Gasteiger partial charge >= 0.3 is 45.9 Å². The number of carbonyl (C=O) groups excluding carboxylic acids is 2. The second-order valence-electron chi connectivity index (χ2n) is 5.08. The van der Waals surface area contributed by atoms with Crippen molar-refractivity contribution in [2.24, 2.45) is 0 Å². The summed E-state index contributed by atoms with van der Waals surface area (Å²) >= 11 is 0. The number of aromatic hydroxyl groups is 1. The molecule has 9 nitrogen and oxygen atoms in total. The number of nitrogens with one attached hydrogen (secondary N) is 1. The minimum absolute atomic E-state index is 0. The van der Waals surface area contributed by atoms with Crippen molar-refractivity contribution >= 4 is 27.9 Å². The van der Waals surface area contributed by atoms with Crippen LogP contribution >= 0.6 is 0 Å². The van der Waals surface area contributed by atoms with E-state index in [1.165, 1.54) is 29.2 Å². The van der Waals surface area contributed by atoms with Crippen LogP contribution in [0.2, 0.25) is 0 Å². The summed E-state index contributed by atoms with van der Waals surface area (Å²) in [5.41, 5.74) is 0.435. The van der Waals surface area contributed by atoms with Crippen LogP contribution in [0.5, 0.6) is 5.75 Å². The predicted molar refractivity (Wildman–Crippen MR) is 75.5 cm³/mol. The largest absolute Gasteiger partial charge is 1.00 e. The number of rotatable bonds is 2. The van der Waals surface area contributed by atoms with Gasteiger partial charge in [0.05, 0.1) is 6.04 Å². The van der Waals surface area contributed by atoms with E-state index in [2.05, 4.69) is 5.32 Å². The Morgan fingerprint density at radius 3 is 2.48 bits per heavy atom. The molecule has 3 rings (SSSR count). The second kappa shape index (κ2) is 6.29. The van der Waals surface area contributed by atoms with Crippen LogP contribution in [0.3, 0.4) is 0 Å². The van der Waals surface area contributed by atoms with E-state index in [0.717, 1.165) is 0 Å². The van der Waals surface area contributed by atoms with E-state index in [1.807, 2.05) is 0 Å². The molecule has 0 bridgehead atoms. The van der Waals surface area contributed by atoms with Crippen LogP contribution in [0.25, 0.3) is 0 Å². The van der Waals surface area contributed by atoms with Gasteiger partial charge in [0.2, 0.25) is 0 Å². The van der Waals surface area contributed by atoms with E-state index >= 15 is 0 Å². The van der Waals surface area contributed by atoms with Crippen LogP contribution in [-0.4, -0.2) is 57.8 Å². The molecule has 120 valence electrons. The number of phenolic OH excluding ortho intramolecular Hbond substituents is 1. The topological polar surface area (TPSA) is 127 Å². The van der Waals surface area contributed by atoms with Crippen LogP contribution in [-0.2, 0) is 15.1 Å². The molecule has 2 saturated heterocycles. The summed E-state index contributed by atoms with van der Waals surface area (Å²) in [6.45, 7) is 0.205. The van der Waals surface area contributed by atoms with Crippen LogP contribution in [0.15, 0.2) is 24.3 Å². The fourth-order valence-electron chi connectivity index (χ4n) is 2.78. The van der Waals surface area contributed by atoms with Gasteiger partial charge < -0.3 is 16.7 Å². The first kappa shape index (κ1) is 18.0. The summed E-state index contributed by atoms with van der Waals surface area (Å²) in [6.07, 6.45) is 0.277. The zero-order valence-electron chi connectivity index (χ0n) is 13.2. The summed E-state index contributed by atoms with van der Waals surface area (Å²) in [5, 5.41) is 11.7. The molecule has 1 aromatic carbocycles. The molecule has 2 heterocycles. The summed E-state index contributed by atoms with van der Waals surface area (Å²) in [6, 6.07) is 3.66. The molecule has 0 aliphatic carbocycles. The van der Waals surface area contributed by atoms with Crippen molar-refractivity contribution in [1.29, 1.82) is 0 Å². The van der Waals surface area contributed by atoms with Gasteiger partial charge in [0, 0.05) is 12.2 Å². The quantitative estimate of drug-likeness (QED) is 0.227. The fourth-order valence-corrected chi connectivity index (χ4v) is 3.68. The van der Waals surface area contributed by atoms with Crippen LogP contribution in [0.1, 0.15) is 7.85 Å². The molecule has 0 unspecified atom stereocenters. The average molecular weight is 351 g/mol. The second-order valence-corrected chi connectivity index (χ2v) is 6.37. The predicted octanol–water partition coefficient (Wildman–Crippen LogP) is -2.87. The molecule has 11 heteroatoms. The normalized spacial score (nSPS) is 22.9. The van der Waals surface area contributed by atoms with E-state index in [1.54, 1.807) is 0 Å². The Labute approximate surface area is 155 Å². The maximum Gasteiger partial charge on any atom is 1.00 e. The number of amides is 3. The van der Waals surface area contributed by atoms with Crippen molar-refractivity contribution < 1.29 is 58.7 Å². The third-order valence-electron chi connectivity index (χ3n) is 3.77. The minimum atomic E-state index is -4.58. The Hall–Kier alpha value is -1.33. The Morgan fingerprint density at radius 1 is 1.30 bits per heavy atom. The van der Waals surface area contributed by atoms with Gasteiger partial charge in [0.25, 0.3) is 5.91 Å². The summed E-state index contributed by atoms with van der Waals surface area (Å²) in [4.78, 5) is 25.2. The third-order valence-corrected chi connectivity index (χ3v) is 4.71. The molecule has 2 aliphatic rings. The summed E-state index contributed by atoms with van der Waals surface area (Å²) in [7, 11) is -4.58. The van der Waals surface area contributed by atoms with Crippen LogP contribution in [0, 0.1) is 0 Å². The number of urea groups is 1. The molecular weight excluding hydrogens is 337 g/mol. The number of benzene rings is 1. The fraction of sp³-hybridized carbons (Fsp3) is 0.333.